The summed E-state index contributed by atoms with van der Waals surface area (Å²) in [4.78, 5) is 4.08. The van der Waals surface area contributed by atoms with Crippen LogP contribution in [0.1, 0.15) is 22.7 Å². The smallest absolute Gasteiger partial charge is 0.124 e. The van der Waals surface area contributed by atoms with Gasteiger partial charge in [-0.3, -0.25) is 4.98 Å². The van der Waals surface area contributed by atoms with E-state index in [4.69, 9.17) is 4.74 Å². The minimum atomic E-state index is -0.275. The minimum absolute atomic E-state index is 0.131. The van der Waals surface area contributed by atoms with Gasteiger partial charge in [0.2, 0.25) is 0 Å². The van der Waals surface area contributed by atoms with Crippen molar-refractivity contribution in [1.82, 2.24) is 10.3 Å². The summed E-state index contributed by atoms with van der Waals surface area (Å²) < 4.78 is 18.8. The summed E-state index contributed by atoms with van der Waals surface area (Å²) in [6, 6.07) is 6.34. The van der Waals surface area contributed by atoms with Crippen molar-refractivity contribution in [3.8, 4) is 5.75 Å². The highest BCUT2D eigenvalue weighted by atomic mass is 19.1. The first kappa shape index (κ1) is 13.5. The lowest BCUT2D eigenvalue weighted by Gasteiger charge is -2.21. The van der Waals surface area contributed by atoms with Gasteiger partial charge in [0.25, 0.3) is 0 Å². The van der Waals surface area contributed by atoms with Crippen molar-refractivity contribution < 1.29 is 9.13 Å². The van der Waals surface area contributed by atoms with Crippen molar-refractivity contribution in [3.63, 3.8) is 0 Å². The van der Waals surface area contributed by atoms with Crippen LogP contribution in [-0.4, -0.2) is 19.1 Å². The van der Waals surface area contributed by atoms with Gasteiger partial charge in [0, 0.05) is 18.0 Å². The van der Waals surface area contributed by atoms with E-state index in [9.17, 15) is 4.39 Å². The molecule has 3 nitrogen and oxygen atoms in total. The highest BCUT2D eigenvalue weighted by molar-refractivity contribution is 5.43. The van der Waals surface area contributed by atoms with Crippen LogP contribution in [0.2, 0.25) is 0 Å². The lowest BCUT2D eigenvalue weighted by Crippen LogP contribution is -2.19. The van der Waals surface area contributed by atoms with E-state index in [1.807, 2.05) is 20.0 Å². The molecule has 4 heteroatoms. The highest BCUT2D eigenvalue weighted by Crippen LogP contribution is 2.31. The highest BCUT2D eigenvalue weighted by Gasteiger charge is 2.18. The molecule has 0 bridgehead atoms. The van der Waals surface area contributed by atoms with Gasteiger partial charge >= 0.3 is 0 Å². The second kappa shape index (κ2) is 5.80. The molecule has 1 unspecified atom stereocenters. The molecule has 1 aromatic heterocycles. The van der Waals surface area contributed by atoms with Crippen LogP contribution >= 0.6 is 0 Å². The summed E-state index contributed by atoms with van der Waals surface area (Å²) >= 11 is 0. The van der Waals surface area contributed by atoms with Crippen molar-refractivity contribution in [2.45, 2.75) is 13.0 Å². The third-order valence-electron chi connectivity index (χ3n) is 3.17. The van der Waals surface area contributed by atoms with Gasteiger partial charge < -0.3 is 10.1 Å². The maximum atomic E-state index is 13.5. The molecule has 0 amide bonds. The standard InChI is InChI=1S/C15H17FN2O/c1-10-9-18-7-6-12(10)15(17-2)13-8-11(16)4-5-14(13)19-3/h4-9,15,17H,1-3H3. The first-order valence-corrected chi connectivity index (χ1v) is 6.08. The predicted molar refractivity (Wildman–Crippen MR) is 72.8 cm³/mol. The van der Waals surface area contributed by atoms with Gasteiger partial charge in [-0.25, -0.2) is 4.39 Å². The van der Waals surface area contributed by atoms with Crippen molar-refractivity contribution in [2.75, 3.05) is 14.2 Å². The molecule has 0 saturated carbocycles. The van der Waals surface area contributed by atoms with Gasteiger partial charge in [-0.15, -0.1) is 0 Å². The Morgan fingerprint density at radius 1 is 1.26 bits per heavy atom. The molecule has 2 aromatic rings. The summed E-state index contributed by atoms with van der Waals surface area (Å²) in [6.45, 7) is 1.98. The Labute approximate surface area is 112 Å². The van der Waals surface area contributed by atoms with Gasteiger partial charge in [-0.05, 0) is 49.4 Å². The Balaban J connectivity index is 2.54. The van der Waals surface area contributed by atoms with Crippen LogP contribution < -0.4 is 10.1 Å². The molecule has 2 rings (SSSR count). The number of nitrogens with one attached hydrogen (secondary N) is 1. The van der Waals surface area contributed by atoms with E-state index in [0.717, 1.165) is 16.7 Å². The van der Waals surface area contributed by atoms with E-state index in [-0.39, 0.29) is 11.9 Å². The number of ether oxygens (including phenoxy) is 1. The maximum Gasteiger partial charge on any atom is 0.124 e. The van der Waals surface area contributed by atoms with Crippen molar-refractivity contribution in [2.24, 2.45) is 0 Å². The molecule has 0 aliphatic rings. The molecule has 0 aliphatic heterocycles. The largest absolute Gasteiger partial charge is 0.496 e. The second-order valence-electron chi connectivity index (χ2n) is 4.34. The first-order valence-electron chi connectivity index (χ1n) is 6.08. The summed E-state index contributed by atoms with van der Waals surface area (Å²) in [5, 5.41) is 3.20. The second-order valence-corrected chi connectivity index (χ2v) is 4.34. The zero-order chi connectivity index (χ0) is 13.8. The van der Waals surface area contributed by atoms with Crippen molar-refractivity contribution >= 4 is 0 Å². The average Bonchev–Trinajstić information content (AvgIpc) is 2.42. The Kier molecular flexibility index (Phi) is 4.12. The Morgan fingerprint density at radius 3 is 2.68 bits per heavy atom. The molecular weight excluding hydrogens is 243 g/mol. The van der Waals surface area contributed by atoms with Crippen LogP contribution in [0.25, 0.3) is 0 Å². The molecule has 1 atom stereocenters. The summed E-state index contributed by atoms with van der Waals surface area (Å²) in [5.41, 5.74) is 2.88. The van der Waals surface area contributed by atoms with E-state index in [1.165, 1.54) is 12.1 Å². The van der Waals surface area contributed by atoms with Gasteiger partial charge in [-0.1, -0.05) is 0 Å². The number of aromatic nitrogens is 1. The first-order chi connectivity index (χ1) is 9.17. The van der Waals surface area contributed by atoms with Gasteiger partial charge in [0.15, 0.2) is 0 Å². The zero-order valence-electron chi connectivity index (χ0n) is 11.3. The predicted octanol–water partition coefficient (Wildman–Crippen LogP) is 2.85. The Morgan fingerprint density at radius 2 is 2.05 bits per heavy atom. The molecule has 0 radical (unpaired) electrons. The SMILES string of the molecule is CNC(c1ccncc1C)c1cc(F)ccc1OC. The molecule has 0 aliphatic carbocycles. The number of methoxy groups -OCH3 is 1. The van der Waals surface area contributed by atoms with E-state index >= 15 is 0 Å². The molecule has 0 saturated heterocycles. The number of pyridine rings is 1. The number of hydrogen-bond donors (Lipinski definition) is 1. The number of benzene rings is 1. The Bertz CT molecular complexity index is 572. The van der Waals surface area contributed by atoms with E-state index in [2.05, 4.69) is 10.3 Å². The normalized spacial score (nSPS) is 12.2. The van der Waals surface area contributed by atoms with Gasteiger partial charge in [-0.2, -0.15) is 0 Å². The molecule has 0 spiro atoms. The zero-order valence-corrected chi connectivity index (χ0v) is 11.3. The molecule has 1 N–H and O–H groups in total. The third-order valence-corrected chi connectivity index (χ3v) is 3.17. The fourth-order valence-electron chi connectivity index (χ4n) is 2.22. The van der Waals surface area contributed by atoms with Crippen molar-refractivity contribution in [3.05, 3.63) is 59.2 Å². The molecule has 1 aromatic carbocycles. The fraction of sp³-hybridized carbons (Fsp3) is 0.267. The van der Waals surface area contributed by atoms with E-state index in [1.54, 1.807) is 25.6 Å². The summed E-state index contributed by atoms with van der Waals surface area (Å²) in [5.74, 6) is 0.389. The van der Waals surface area contributed by atoms with Gasteiger partial charge in [0.1, 0.15) is 11.6 Å². The number of halogens is 1. The van der Waals surface area contributed by atoms with E-state index in [0.29, 0.717) is 5.75 Å². The maximum absolute atomic E-state index is 13.5. The third kappa shape index (κ3) is 2.74. The Hall–Kier alpha value is -1.94. The monoisotopic (exact) mass is 260 g/mol. The number of nitrogens with zero attached hydrogens (tertiary/aromatic N) is 1. The fourth-order valence-corrected chi connectivity index (χ4v) is 2.22. The number of aryl methyl sites for hydroxylation is 1. The van der Waals surface area contributed by atoms with Crippen LogP contribution in [0.3, 0.4) is 0 Å². The summed E-state index contributed by atoms with van der Waals surface area (Å²) in [6.07, 6.45) is 3.53. The molecule has 1 heterocycles. The van der Waals surface area contributed by atoms with Crippen LogP contribution in [0.4, 0.5) is 4.39 Å². The average molecular weight is 260 g/mol. The lowest BCUT2D eigenvalue weighted by molar-refractivity contribution is 0.403. The summed E-state index contributed by atoms with van der Waals surface area (Å²) in [7, 11) is 3.43. The molecule has 100 valence electrons. The van der Waals surface area contributed by atoms with Crippen LogP contribution in [0.15, 0.2) is 36.7 Å². The molecule has 0 fully saturated rings. The van der Waals surface area contributed by atoms with Gasteiger partial charge in [0.05, 0.1) is 13.2 Å². The van der Waals surface area contributed by atoms with Crippen LogP contribution in [0.5, 0.6) is 5.75 Å². The number of hydrogen-bond acceptors (Lipinski definition) is 3. The lowest BCUT2D eigenvalue weighted by atomic mass is 9.95. The number of rotatable bonds is 4. The molecule has 19 heavy (non-hydrogen) atoms. The quantitative estimate of drug-likeness (QED) is 0.918. The minimum Gasteiger partial charge on any atom is -0.496 e. The topological polar surface area (TPSA) is 34.2 Å². The van der Waals surface area contributed by atoms with Crippen molar-refractivity contribution in [1.29, 1.82) is 0 Å². The van der Waals surface area contributed by atoms with Crippen LogP contribution in [0, 0.1) is 12.7 Å². The van der Waals surface area contributed by atoms with Crippen LogP contribution in [-0.2, 0) is 0 Å². The molecular formula is C15H17FN2O. The van der Waals surface area contributed by atoms with E-state index < -0.39 is 0 Å².